The summed E-state index contributed by atoms with van der Waals surface area (Å²) in [5.41, 5.74) is -6.41. The van der Waals surface area contributed by atoms with Gasteiger partial charge in [-0.2, -0.15) is 26.7 Å². The van der Waals surface area contributed by atoms with E-state index in [4.69, 9.17) is 0 Å². The molecule has 0 N–H and O–H groups in total. The van der Waals surface area contributed by atoms with Gasteiger partial charge < -0.3 is 14.0 Å². The van der Waals surface area contributed by atoms with E-state index < -0.39 is 50.6 Å². The van der Waals surface area contributed by atoms with Crippen LogP contribution in [0.4, 0.5) is 17.6 Å². The van der Waals surface area contributed by atoms with Crippen LogP contribution in [0.1, 0.15) is 37.8 Å². The van der Waals surface area contributed by atoms with Crippen molar-refractivity contribution >= 4 is 21.9 Å². The summed E-state index contributed by atoms with van der Waals surface area (Å²) in [6.45, 7) is 1.46. The molecular weight excluding hydrogens is 510 g/mol. The van der Waals surface area contributed by atoms with Gasteiger partial charge in [-0.3, -0.25) is 9.59 Å². The number of pyridine rings is 1. The molecule has 194 valence electrons. The molecule has 2 aromatic heterocycles. The van der Waals surface area contributed by atoms with Crippen LogP contribution in [0.15, 0.2) is 42.6 Å². The van der Waals surface area contributed by atoms with Gasteiger partial charge in [-0.15, -0.1) is 0 Å². The lowest BCUT2D eigenvalue weighted by molar-refractivity contribution is -0.166. The maximum atomic E-state index is 13.6. The first-order valence-corrected chi connectivity index (χ1v) is 12.1. The number of aromatic nitrogens is 3. The fourth-order valence-electron chi connectivity index (χ4n) is 4.25. The van der Waals surface area contributed by atoms with E-state index in [0.717, 1.165) is 18.5 Å². The zero-order valence-corrected chi connectivity index (χ0v) is 19.9. The van der Waals surface area contributed by atoms with Crippen LogP contribution in [0.25, 0.3) is 5.82 Å². The van der Waals surface area contributed by atoms with Crippen LogP contribution in [-0.4, -0.2) is 69.4 Å². The Kier molecular flexibility index (Phi) is 6.31. The number of allylic oxidation sites excluding steroid dienone is 1. The topological polar surface area (TPSA) is 115 Å². The molecule has 10 nitrogen and oxygen atoms in total. The minimum Gasteiger partial charge on any atom is -0.381 e. The van der Waals surface area contributed by atoms with Crippen molar-refractivity contribution in [3.63, 3.8) is 0 Å². The van der Waals surface area contributed by atoms with Gasteiger partial charge >= 0.3 is 15.6 Å². The summed E-state index contributed by atoms with van der Waals surface area (Å²) in [7, 11) is -4.41. The van der Waals surface area contributed by atoms with E-state index in [0.29, 0.717) is 11.4 Å². The number of hydrogen-bond acceptors (Lipinski definition) is 7. The lowest BCUT2D eigenvalue weighted by atomic mass is 9.80. The third kappa shape index (κ3) is 4.42. The molecule has 1 aliphatic heterocycles. The molecule has 2 aromatic rings. The monoisotopic (exact) mass is 531 g/mol. The summed E-state index contributed by atoms with van der Waals surface area (Å²) in [5, 5.41) is 3.83. The van der Waals surface area contributed by atoms with Gasteiger partial charge in [0.2, 0.25) is 11.8 Å². The molecule has 0 aromatic carbocycles. The largest absolute Gasteiger partial charge is 0.534 e. The SMILES string of the molecule is C[C@@H](c1ccc(-n2cc(F)cn2)nc1)N1CC(=O)N(C)C2(CC=C(OS(=O)(=O)C(F)(F)F)CC2)C1=O. The first-order chi connectivity index (χ1) is 16.7. The fraction of sp³-hybridized carbons (Fsp3) is 0.429. The number of piperazine rings is 1. The maximum Gasteiger partial charge on any atom is 0.534 e. The molecule has 0 bridgehead atoms. The zero-order valence-electron chi connectivity index (χ0n) is 19.1. The summed E-state index contributed by atoms with van der Waals surface area (Å²) in [5.74, 6) is -1.47. The van der Waals surface area contributed by atoms with Crippen LogP contribution in [0.5, 0.6) is 0 Å². The van der Waals surface area contributed by atoms with E-state index in [2.05, 4.69) is 14.3 Å². The molecule has 1 spiro atoms. The smallest absolute Gasteiger partial charge is 0.381 e. The average Bonchev–Trinajstić information content (AvgIpc) is 3.26. The van der Waals surface area contributed by atoms with Gasteiger partial charge in [-0.25, -0.2) is 14.1 Å². The molecule has 1 unspecified atom stereocenters. The highest BCUT2D eigenvalue weighted by Gasteiger charge is 2.54. The van der Waals surface area contributed by atoms with Crippen molar-refractivity contribution in [1.82, 2.24) is 24.6 Å². The Labute approximate surface area is 203 Å². The Bertz CT molecular complexity index is 1320. The van der Waals surface area contributed by atoms with Gasteiger partial charge in [0.25, 0.3) is 0 Å². The molecular formula is C21H21F4N5O5S. The molecule has 15 heteroatoms. The van der Waals surface area contributed by atoms with E-state index in [1.54, 1.807) is 19.1 Å². The van der Waals surface area contributed by atoms with Crippen molar-refractivity contribution < 1.29 is 39.8 Å². The second kappa shape index (κ2) is 8.87. The van der Waals surface area contributed by atoms with Gasteiger partial charge in [0.05, 0.1) is 18.4 Å². The summed E-state index contributed by atoms with van der Waals surface area (Å²) in [4.78, 5) is 33.2. The number of likely N-dealkylation sites (N-methyl/N-ethyl adjacent to an activating group) is 1. The van der Waals surface area contributed by atoms with E-state index in [1.165, 1.54) is 27.7 Å². The maximum absolute atomic E-state index is 13.6. The second-order valence-electron chi connectivity index (χ2n) is 8.50. The molecule has 1 saturated heterocycles. The molecule has 1 aliphatic carbocycles. The normalized spacial score (nSPS) is 22.1. The van der Waals surface area contributed by atoms with E-state index in [1.807, 2.05) is 0 Å². The molecule has 2 atom stereocenters. The molecule has 0 radical (unpaired) electrons. The van der Waals surface area contributed by atoms with Crippen molar-refractivity contribution in [3.05, 3.63) is 53.9 Å². The third-order valence-corrected chi connectivity index (χ3v) is 7.44. The average molecular weight is 531 g/mol. The number of carbonyl (C=O) groups is 2. The number of carbonyl (C=O) groups excluding carboxylic acids is 2. The highest BCUT2D eigenvalue weighted by Crippen LogP contribution is 2.40. The fourth-order valence-corrected chi connectivity index (χ4v) is 4.78. The highest BCUT2D eigenvalue weighted by atomic mass is 32.2. The predicted octanol–water partition coefficient (Wildman–Crippen LogP) is 2.44. The van der Waals surface area contributed by atoms with Gasteiger partial charge in [-0.05, 0) is 31.1 Å². The van der Waals surface area contributed by atoms with Crippen molar-refractivity contribution in [2.45, 2.75) is 43.3 Å². The zero-order chi connectivity index (χ0) is 26.5. The lowest BCUT2D eigenvalue weighted by Crippen LogP contribution is -2.67. The summed E-state index contributed by atoms with van der Waals surface area (Å²) in [6.07, 6.45) is 4.10. The van der Waals surface area contributed by atoms with E-state index in [9.17, 15) is 35.6 Å². The number of rotatable bonds is 5. The number of nitrogens with zero attached hydrogens (tertiary/aromatic N) is 5. The first kappa shape index (κ1) is 25.6. The van der Waals surface area contributed by atoms with Gasteiger partial charge in [-0.1, -0.05) is 6.07 Å². The van der Waals surface area contributed by atoms with Gasteiger partial charge in [0, 0.05) is 26.1 Å². The first-order valence-electron chi connectivity index (χ1n) is 10.7. The van der Waals surface area contributed by atoms with Crippen LogP contribution >= 0.6 is 0 Å². The minimum atomic E-state index is -5.84. The van der Waals surface area contributed by atoms with Crippen LogP contribution in [0.2, 0.25) is 0 Å². The molecule has 0 saturated carbocycles. The lowest BCUT2D eigenvalue weighted by Gasteiger charge is -2.50. The standard InChI is InChI=1S/C21H21F4N5O5S/c1-13(14-3-4-17(26-9-14)30-11-15(22)10-27-30)29-12-18(31)28(2)20(19(29)32)7-5-16(6-8-20)35-36(33,34)21(23,24)25/h3-5,9-11,13H,6-8,12H2,1-2H3/t13-,20?/m0/s1. The molecule has 36 heavy (non-hydrogen) atoms. The van der Waals surface area contributed by atoms with Crippen molar-refractivity contribution in [2.24, 2.45) is 0 Å². The molecule has 2 aliphatic rings. The number of halogens is 4. The van der Waals surface area contributed by atoms with Crippen molar-refractivity contribution in [3.8, 4) is 5.82 Å². The van der Waals surface area contributed by atoms with Crippen molar-refractivity contribution in [2.75, 3.05) is 13.6 Å². The summed E-state index contributed by atoms with van der Waals surface area (Å²) < 4.78 is 79.3. The molecule has 2 amide bonds. The van der Waals surface area contributed by atoms with Crippen LogP contribution in [0.3, 0.4) is 0 Å². The number of amides is 2. The summed E-state index contributed by atoms with van der Waals surface area (Å²) >= 11 is 0. The third-order valence-electron chi connectivity index (χ3n) is 6.44. The van der Waals surface area contributed by atoms with Crippen molar-refractivity contribution in [1.29, 1.82) is 0 Å². The van der Waals surface area contributed by atoms with Crippen LogP contribution in [0, 0.1) is 5.82 Å². The van der Waals surface area contributed by atoms with Gasteiger partial charge in [0.15, 0.2) is 11.6 Å². The Hall–Kier alpha value is -3.49. The Morgan fingerprint density at radius 3 is 2.44 bits per heavy atom. The molecule has 3 heterocycles. The van der Waals surface area contributed by atoms with Crippen LogP contribution < -0.4 is 0 Å². The van der Waals surface area contributed by atoms with Crippen LogP contribution in [-0.2, 0) is 23.9 Å². The summed E-state index contributed by atoms with van der Waals surface area (Å²) in [6, 6.07) is 2.63. The second-order valence-corrected chi connectivity index (χ2v) is 10.0. The Morgan fingerprint density at radius 2 is 1.92 bits per heavy atom. The van der Waals surface area contributed by atoms with E-state index in [-0.39, 0.29) is 25.8 Å². The number of hydrogen-bond donors (Lipinski definition) is 0. The van der Waals surface area contributed by atoms with Gasteiger partial charge in [0.1, 0.15) is 17.8 Å². The minimum absolute atomic E-state index is 0.126. The quantitative estimate of drug-likeness (QED) is 0.331. The van der Waals surface area contributed by atoms with E-state index >= 15 is 0 Å². The molecule has 4 rings (SSSR count). The molecule has 1 fully saturated rings. The number of alkyl halides is 3. The highest BCUT2D eigenvalue weighted by molar-refractivity contribution is 7.87. The Balaban J connectivity index is 1.55. The Morgan fingerprint density at radius 1 is 1.19 bits per heavy atom. The predicted molar refractivity (Wildman–Crippen MR) is 115 cm³/mol.